The number of hydrogen-bond acceptors (Lipinski definition) is 5. The minimum atomic E-state index is -0.801. The Morgan fingerprint density at radius 2 is 1.66 bits per heavy atom. The van der Waals surface area contributed by atoms with E-state index in [0.717, 1.165) is 45.4 Å². The summed E-state index contributed by atoms with van der Waals surface area (Å²) in [4.78, 5) is 30.5. The third kappa shape index (κ3) is 3.57. The molecule has 5 aliphatic rings. The van der Waals surface area contributed by atoms with Crippen molar-refractivity contribution in [2.45, 2.75) is 51.5 Å². The Labute approximate surface area is 210 Å². The van der Waals surface area contributed by atoms with Crippen LogP contribution in [0, 0.1) is 37.5 Å². The van der Waals surface area contributed by atoms with E-state index < -0.39 is 17.4 Å². The van der Waals surface area contributed by atoms with Gasteiger partial charge in [0.25, 0.3) is 5.56 Å². The molecular formula is C27H33ClN4O3. The standard InChI is InChI=1S/C27H33ClN4O3/c1-16-3-4-17(2)21(9-16)30-5-7-31(8-6-30)22-15-29-32(25(33)24(22)28)27-13-18-10-19(14-27)12-20(11-18)23(27)26(34)35/h3-4,9,15,18-20,23H,5-8,10-14H2,1-2H3,(H,34,35)/t18-,19-,20?,23+,27?/m0/s1. The van der Waals surface area contributed by atoms with Gasteiger partial charge in [-0.05, 0) is 80.9 Å². The second-order valence-electron chi connectivity index (χ2n) is 11.4. The highest BCUT2D eigenvalue weighted by atomic mass is 35.5. The van der Waals surface area contributed by atoms with Crippen molar-refractivity contribution in [2.75, 3.05) is 36.0 Å². The molecule has 4 bridgehead atoms. The predicted molar refractivity (Wildman–Crippen MR) is 137 cm³/mol. The largest absolute Gasteiger partial charge is 0.481 e. The number of benzene rings is 1. The van der Waals surface area contributed by atoms with E-state index in [9.17, 15) is 14.7 Å². The van der Waals surface area contributed by atoms with Crippen molar-refractivity contribution in [1.29, 1.82) is 0 Å². The van der Waals surface area contributed by atoms with Crippen LogP contribution in [0.5, 0.6) is 0 Å². The maximum Gasteiger partial charge on any atom is 0.309 e. The fourth-order valence-electron chi connectivity index (χ4n) is 7.94. The molecule has 2 aromatic rings. The van der Waals surface area contributed by atoms with Gasteiger partial charge in [0.2, 0.25) is 0 Å². The second kappa shape index (κ2) is 8.26. The molecule has 0 unspecified atom stereocenters. The Kier molecular flexibility index (Phi) is 5.40. The van der Waals surface area contributed by atoms with Gasteiger partial charge in [0, 0.05) is 31.9 Å². The third-order valence-electron chi connectivity index (χ3n) is 9.19. The number of anilines is 2. The lowest BCUT2D eigenvalue weighted by atomic mass is 9.48. The predicted octanol–water partition coefficient (Wildman–Crippen LogP) is 4.08. The van der Waals surface area contributed by atoms with Crippen LogP contribution >= 0.6 is 11.6 Å². The van der Waals surface area contributed by atoms with Crippen LogP contribution in [0.3, 0.4) is 0 Å². The monoisotopic (exact) mass is 496 g/mol. The normalized spacial score (nSPS) is 31.7. The summed E-state index contributed by atoms with van der Waals surface area (Å²) in [6.07, 6.45) is 6.20. The second-order valence-corrected chi connectivity index (χ2v) is 11.7. The van der Waals surface area contributed by atoms with Crippen molar-refractivity contribution in [1.82, 2.24) is 9.78 Å². The van der Waals surface area contributed by atoms with Gasteiger partial charge >= 0.3 is 5.97 Å². The van der Waals surface area contributed by atoms with Crippen LogP contribution in [0.15, 0.2) is 29.2 Å². The molecule has 1 aromatic carbocycles. The summed E-state index contributed by atoms with van der Waals surface area (Å²) in [6.45, 7) is 7.40. The molecule has 3 atom stereocenters. The van der Waals surface area contributed by atoms with Crippen LogP contribution in [0.25, 0.3) is 0 Å². The van der Waals surface area contributed by atoms with Crippen LogP contribution in [0.1, 0.15) is 43.2 Å². The molecule has 0 spiro atoms. The third-order valence-corrected chi connectivity index (χ3v) is 9.54. The number of nitrogens with zero attached hydrogens (tertiary/aromatic N) is 4. The average molecular weight is 497 g/mol. The first kappa shape index (κ1) is 22.9. The van der Waals surface area contributed by atoms with Crippen LogP contribution in [-0.2, 0) is 10.3 Å². The highest BCUT2D eigenvalue weighted by Crippen LogP contribution is 2.61. The molecule has 4 saturated carbocycles. The molecule has 1 saturated heterocycles. The summed E-state index contributed by atoms with van der Waals surface area (Å²) >= 11 is 6.72. The van der Waals surface area contributed by atoms with Gasteiger partial charge in [-0.2, -0.15) is 5.10 Å². The number of aliphatic carboxylic acids is 1. The molecule has 35 heavy (non-hydrogen) atoms. The number of hydrogen-bond donors (Lipinski definition) is 1. The maximum absolute atomic E-state index is 13.6. The van der Waals surface area contributed by atoms with Crippen LogP contribution in [-0.4, -0.2) is 47.0 Å². The Morgan fingerprint density at radius 1 is 1.03 bits per heavy atom. The first-order chi connectivity index (χ1) is 16.8. The van der Waals surface area contributed by atoms with E-state index in [4.69, 9.17) is 11.6 Å². The number of piperazine rings is 1. The molecule has 1 aliphatic heterocycles. The SMILES string of the molecule is Cc1ccc(C)c(N2CCN(c3cnn(C45C[C@@H]6CC(C[C@H](C6)C4)[C@@H]5C(=O)O)c(=O)c3Cl)CC2)c1. The molecule has 7 rings (SSSR count). The quantitative estimate of drug-likeness (QED) is 0.687. The van der Waals surface area contributed by atoms with E-state index in [-0.39, 0.29) is 16.5 Å². The number of carboxylic acids is 1. The maximum atomic E-state index is 13.6. The molecule has 0 amide bonds. The molecule has 4 aliphatic carbocycles. The average Bonchev–Trinajstić information content (AvgIpc) is 2.81. The van der Waals surface area contributed by atoms with Gasteiger partial charge in [-0.3, -0.25) is 9.59 Å². The van der Waals surface area contributed by atoms with E-state index in [1.807, 2.05) is 0 Å². The first-order valence-electron chi connectivity index (χ1n) is 12.8. The lowest BCUT2D eigenvalue weighted by Crippen LogP contribution is -2.63. The van der Waals surface area contributed by atoms with E-state index >= 15 is 0 Å². The van der Waals surface area contributed by atoms with Crippen LogP contribution in [0.4, 0.5) is 11.4 Å². The minimum absolute atomic E-state index is 0.129. The summed E-state index contributed by atoms with van der Waals surface area (Å²) in [5.41, 5.74) is 3.33. The van der Waals surface area contributed by atoms with E-state index in [1.54, 1.807) is 6.20 Å². The van der Waals surface area contributed by atoms with E-state index in [1.165, 1.54) is 21.5 Å². The van der Waals surface area contributed by atoms with Crippen molar-refractivity contribution >= 4 is 28.9 Å². The molecule has 5 fully saturated rings. The highest BCUT2D eigenvalue weighted by molar-refractivity contribution is 6.33. The Morgan fingerprint density at radius 3 is 2.29 bits per heavy atom. The highest BCUT2D eigenvalue weighted by Gasteiger charge is 2.61. The number of carbonyl (C=O) groups is 1. The number of halogens is 1. The van der Waals surface area contributed by atoms with Crippen molar-refractivity contribution in [3.05, 3.63) is 50.9 Å². The fraction of sp³-hybridized carbons (Fsp3) is 0.593. The lowest BCUT2D eigenvalue weighted by Gasteiger charge is -2.59. The van der Waals surface area contributed by atoms with Gasteiger partial charge in [-0.15, -0.1) is 0 Å². The fourth-order valence-corrected chi connectivity index (χ4v) is 8.19. The molecular weight excluding hydrogens is 464 g/mol. The van der Waals surface area contributed by atoms with Gasteiger partial charge in [0.1, 0.15) is 5.02 Å². The number of rotatable bonds is 4. The smallest absolute Gasteiger partial charge is 0.309 e. The van der Waals surface area contributed by atoms with Crippen molar-refractivity contribution in [3.63, 3.8) is 0 Å². The first-order valence-corrected chi connectivity index (χ1v) is 13.2. The van der Waals surface area contributed by atoms with Gasteiger partial charge in [-0.1, -0.05) is 23.7 Å². The number of aromatic nitrogens is 2. The summed E-state index contributed by atoms with van der Waals surface area (Å²) in [5.74, 6) is -0.278. The molecule has 0 radical (unpaired) electrons. The summed E-state index contributed by atoms with van der Waals surface area (Å²) < 4.78 is 1.48. The number of carboxylic acid groups (broad SMARTS) is 1. The summed E-state index contributed by atoms with van der Waals surface area (Å²) in [6, 6.07) is 6.52. The molecule has 8 heteroatoms. The Balaban J connectivity index is 1.28. The van der Waals surface area contributed by atoms with Gasteiger partial charge in [0.05, 0.1) is 23.3 Å². The van der Waals surface area contributed by atoms with Crippen LogP contribution < -0.4 is 15.4 Å². The zero-order valence-corrected chi connectivity index (χ0v) is 21.2. The molecule has 1 aromatic heterocycles. The topological polar surface area (TPSA) is 78.7 Å². The van der Waals surface area contributed by atoms with E-state index in [2.05, 4.69) is 46.9 Å². The van der Waals surface area contributed by atoms with Crippen molar-refractivity contribution < 1.29 is 9.90 Å². The number of aryl methyl sites for hydroxylation is 2. The Hall–Kier alpha value is -2.54. The lowest BCUT2D eigenvalue weighted by molar-refractivity contribution is -0.168. The Bertz CT molecular complexity index is 1220. The molecule has 1 N–H and O–H groups in total. The van der Waals surface area contributed by atoms with Crippen LogP contribution in [0.2, 0.25) is 5.02 Å². The molecule has 186 valence electrons. The molecule has 7 nitrogen and oxygen atoms in total. The van der Waals surface area contributed by atoms with Gasteiger partial charge < -0.3 is 14.9 Å². The van der Waals surface area contributed by atoms with E-state index in [0.29, 0.717) is 30.4 Å². The zero-order valence-electron chi connectivity index (χ0n) is 20.4. The summed E-state index contributed by atoms with van der Waals surface area (Å²) in [5, 5.41) is 15.0. The van der Waals surface area contributed by atoms with Crippen molar-refractivity contribution in [3.8, 4) is 0 Å². The van der Waals surface area contributed by atoms with Gasteiger partial charge in [-0.25, -0.2) is 4.68 Å². The summed E-state index contributed by atoms with van der Waals surface area (Å²) in [7, 11) is 0. The van der Waals surface area contributed by atoms with Crippen molar-refractivity contribution in [2.24, 2.45) is 23.7 Å². The minimum Gasteiger partial charge on any atom is -0.481 e. The molecule has 2 heterocycles. The zero-order chi connectivity index (χ0) is 24.5. The van der Waals surface area contributed by atoms with Gasteiger partial charge in [0.15, 0.2) is 0 Å².